The molecule has 0 spiro atoms. The van der Waals surface area contributed by atoms with Gasteiger partial charge in [0, 0.05) is 5.69 Å². The topological polar surface area (TPSA) is 73.0 Å². The summed E-state index contributed by atoms with van der Waals surface area (Å²) in [6, 6.07) is 17.5. The quantitative estimate of drug-likeness (QED) is 0.402. The van der Waals surface area contributed by atoms with Crippen LogP contribution >= 0.6 is 23.4 Å². The highest BCUT2D eigenvalue weighted by molar-refractivity contribution is 7.99. The van der Waals surface area contributed by atoms with Crippen molar-refractivity contribution in [3.05, 3.63) is 83.3 Å². The number of anilines is 1. The third kappa shape index (κ3) is 4.72. The zero-order valence-electron chi connectivity index (χ0n) is 15.6. The van der Waals surface area contributed by atoms with E-state index in [2.05, 4.69) is 15.5 Å². The van der Waals surface area contributed by atoms with E-state index in [4.69, 9.17) is 16.0 Å². The highest BCUT2D eigenvalue weighted by Crippen LogP contribution is 2.26. The highest BCUT2D eigenvalue weighted by atomic mass is 35.5. The second-order valence-electron chi connectivity index (χ2n) is 6.32. The lowest BCUT2D eigenvalue weighted by Gasteiger charge is -2.10. The summed E-state index contributed by atoms with van der Waals surface area (Å²) in [6.07, 6.45) is 1.57. The molecule has 0 saturated carbocycles. The number of hydrogen-bond acceptors (Lipinski definition) is 5. The summed E-state index contributed by atoms with van der Waals surface area (Å²) in [5.74, 6) is 0.466. The Morgan fingerprint density at radius 1 is 1.13 bits per heavy atom. The zero-order valence-corrected chi connectivity index (χ0v) is 17.2. The number of hydrogen-bond donors (Lipinski definition) is 1. The minimum atomic E-state index is -0.538. The number of halogens is 2. The Balaban J connectivity index is 1.50. The lowest BCUT2D eigenvalue weighted by Crippen LogP contribution is -2.15. The molecule has 2 heterocycles. The summed E-state index contributed by atoms with van der Waals surface area (Å²) >= 11 is 7.01. The van der Waals surface area contributed by atoms with Crippen LogP contribution in [0.4, 0.5) is 10.1 Å². The van der Waals surface area contributed by atoms with Crippen LogP contribution in [0.1, 0.15) is 5.56 Å². The second-order valence-corrected chi connectivity index (χ2v) is 7.67. The van der Waals surface area contributed by atoms with E-state index in [0.29, 0.717) is 29.0 Å². The molecule has 0 atom stereocenters. The molecule has 1 N–H and O–H groups in total. The summed E-state index contributed by atoms with van der Waals surface area (Å²) in [5.41, 5.74) is 1.49. The van der Waals surface area contributed by atoms with Crippen molar-refractivity contribution in [2.24, 2.45) is 0 Å². The summed E-state index contributed by atoms with van der Waals surface area (Å²) < 4.78 is 20.7. The number of carbonyl (C=O) groups excluding carboxylic acids is 1. The van der Waals surface area contributed by atoms with E-state index in [1.54, 1.807) is 12.3 Å². The van der Waals surface area contributed by atoms with Crippen LogP contribution in [-0.4, -0.2) is 26.4 Å². The fourth-order valence-corrected chi connectivity index (χ4v) is 3.71. The first kappa shape index (κ1) is 20.2. The normalized spacial score (nSPS) is 10.9. The number of benzene rings is 2. The molecule has 0 aliphatic heterocycles. The maximum atomic E-state index is 13.3. The smallest absolute Gasteiger partial charge is 0.234 e. The van der Waals surface area contributed by atoms with Gasteiger partial charge in [0.15, 0.2) is 10.9 Å². The predicted octanol–water partition coefficient (Wildman–Crippen LogP) is 5.11. The van der Waals surface area contributed by atoms with Crippen molar-refractivity contribution in [3.63, 3.8) is 0 Å². The monoisotopic (exact) mass is 442 g/mol. The number of rotatable bonds is 7. The van der Waals surface area contributed by atoms with Gasteiger partial charge in [-0.05, 0) is 35.9 Å². The Morgan fingerprint density at radius 3 is 2.70 bits per heavy atom. The van der Waals surface area contributed by atoms with Gasteiger partial charge < -0.3 is 9.73 Å². The number of carbonyl (C=O) groups is 1. The fraction of sp³-hybridized carbons (Fsp3) is 0.0952. The zero-order chi connectivity index (χ0) is 20.9. The van der Waals surface area contributed by atoms with Crippen molar-refractivity contribution in [2.45, 2.75) is 11.7 Å². The molecular formula is C21H16ClFN4O2S. The molecule has 9 heteroatoms. The fourth-order valence-electron chi connectivity index (χ4n) is 2.79. The molecule has 0 bridgehead atoms. The number of thioether (sulfide) groups is 1. The third-order valence-electron chi connectivity index (χ3n) is 4.18. The minimum Gasteiger partial charge on any atom is -0.461 e. The third-order valence-corrected chi connectivity index (χ3v) is 5.43. The van der Waals surface area contributed by atoms with Crippen molar-refractivity contribution < 1.29 is 13.6 Å². The Kier molecular flexibility index (Phi) is 6.15. The molecule has 0 aliphatic rings. The lowest BCUT2D eigenvalue weighted by molar-refractivity contribution is -0.113. The van der Waals surface area contributed by atoms with Gasteiger partial charge in [0.05, 0.1) is 23.6 Å². The maximum absolute atomic E-state index is 13.3. The second kappa shape index (κ2) is 9.15. The van der Waals surface area contributed by atoms with Gasteiger partial charge in [0.25, 0.3) is 0 Å². The first-order valence-corrected chi connectivity index (χ1v) is 10.4. The summed E-state index contributed by atoms with van der Waals surface area (Å²) in [7, 11) is 0. The first-order chi connectivity index (χ1) is 14.6. The van der Waals surface area contributed by atoms with Crippen LogP contribution in [0.5, 0.6) is 0 Å². The van der Waals surface area contributed by atoms with Gasteiger partial charge in [-0.25, -0.2) is 4.39 Å². The molecule has 0 fully saturated rings. The van der Waals surface area contributed by atoms with Gasteiger partial charge in [0.1, 0.15) is 5.82 Å². The Labute approximate surface area is 181 Å². The molecule has 30 heavy (non-hydrogen) atoms. The molecule has 4 rings (SSSR count). The van der Waals surface area contributed by atoms with Gasteiger partial charge in [-0.3, -0.25) is 9.36 Å². The molecule has 0 radical (unpaired) electrons. The van der Waals surface area contributed by atoms with Crippen LogP contribution < -0.4 is 5.32 Å². The van der Waals surface area contributed by atoms with Gasteiger partial charge in [-0.15, -0.1) is 10.2 Å². The Bertz CT molecular complexity index is 1150. The van der Waals surface area contributed by atoms with Crippen molar-refractivity contribution in [1.29, 1.82) is 0 Å². The summed E-state index contributed by atoms with van der Waals surface area (Å²) in [4.78, 5) is 12.3. The van der Waals surface area contributed by atoms with E-state index in [-0.39, 0.29) is 16.7 Å². The van der Waals surface area contributed by atoms with Crippen LogP contribution in [0, 0.1) is 5.82 Å². The maximum Gasteiger partial charge on any atom is 0.234 e. The van der Waals surface area contributed by atoms with E-state index in [0.717, 1.165) is 5.56 Å². The van der Waals surface area contributed by atoms with Gasteiger partial charge >= 0.3 is 0 Å². The molecule has 4 aromatic rings. The summed E-state index contributed by atoms with van der Waals surface area (Å²) in [5, 5.41) is 11.7. The van der Waals surface area contributed by atoms with E-state index < -0.39 is 5.82 Å². The first-order valence-electron chi connectivity index (χ1n) is 8.99. The highest BCUT2D eigenvalue weighted by Gasteiger charge is 2.18. The molecule has 0 unspecified atom stereocenters. The van der Waals surface area contributed by atoms with Crippen LogP contribution in [0.15, 0.2) is 76.5 Å². The van der Waals surface area contributed by atoms with Gasteiger partial charge in [-0.2, -0.15) is 0 Å². The predicted molar refractivity (Wildman–Crippen MR) is 114 cm³/mol. The van der Waals surface area contributed by atoms with Gasteiger partial charge in [0.2, 0.25) is 11.7 Å². The van der Waals surface area contributed by atoms with Crippen LogP contribution in [-0.2, 0) is 11.3 Å². The summed E-state index contributed by atoms with van der Waals surface area (Å²) in [6.45, 7) is 0.529. The van der Waals surface area contributed by atoms with Crippen molar-refractivity contribution >= 4 is 35.0 Å². The molecule has 2 aromatic carbocycles. The molecular weight excluding hydrogens is 427 g/mol. The van der Waals surface area contributed by atoms with Crippen molar-refractivity contribution in [2.75, 3.05) is 11.1 Å². The largest absolute Gasteiger partial charge is 0.461 e. The minimum absolute atomic E-state index is 0.0499. The number of nitrogens with zero attached hydrogens (tertiary/aromatic N) is 3. The van der Waals surface area contributed by atoms with E-state index in [1.165, 1.54) is 30.0 Å². The molecule has 6 nitrogen and oxygen atoms in total. The van der Waals surface area contributed by atoms with Gasteiger partial charge in [-0.1, -0.05) is 53.7 Å². The van der Waals surface area contributed by atoms with E-state index in [1.807, 2.05) is 41.0 Å². The number of aromatic nitrogens is 3. The van der Waals surface area contributed by atoms with E-state index in [9.17, 15) is 9.18 Å². The standard InChI is InChI=1S/C21H16ClFN4O2S/c22-16-11-15(8-9-17(16)23)24-19(28)13-30-21-26-25-20(18-7-4-10-29-18)27(21)12-14-5-2-1-3-6-14/h1-11H,12-13H2,(H,24,28). The van der Waals surface area contributed by atoms with Crippen LogP contribution in [0.25, 0.3) is 11.6 Å². The molecule has 0 saturated heterocycles. The Hall–Kier alpha value is -3.10. The molecule has 152 valence electrons. The number of furan rings is 1. The number of nitrogens with one attached hydrogen (secondary N) is 1. The molecule has 0 aliphatic carbocycles. The van der Waals surface area contributed by atoms with Crippen LogP contribution in [0.2, 0.25) is 5.02 Å². The number of amides is 1. The molecule has 1 amide bonds. The SMILES string of the molecule is O=C(CSc1nnc(-c2ccco2)n1Cc1ccccc1)Nc1ccc(F)c(Cl)c1. The Morgan fingerprint density at radius 2 is 1.97 bits per heavy atom. The lowest BCUT2D eigenvalue weighted by atomic mass is 10.2. The average molecular weight is 443 g/mol. The molecule has 2 aromatic heterocycles. The average Bonchev–Trinajstić information content (AvgIpc) is 3.40. The van der Waals surface area contributed by atoms with Crippen LogP contribution in [0.3, 0.4) is 0 Å². The van der Waals surface area contributed by atoms with Crippen molar-refractivity contribution in [3.8, 4) is 11.6 Å². The van der Waals surface area contributed by atoms with E-state index >= 15 is 0 Å². The van der Waals surface area contributed by atoms with Crippen molar-refractivity contribution in [1.82, 2.24) is 14.8 Å².